The molecule has 0 heterocycles. The number of carbonyl (C=O) groups is 1. The Morgan fingerprint density at radius 3 is 2.60 bits per heavy atom. The van der Waals surface area contributed by atoms with E-state index in [1.54, 1.807) is 6.92 Å². The summed E-state index contributed by atoms with van der Waals surface area (Å²) in [6.45, 7) is 1.67. The largest absolute Gasteiger partial charge is 0.481 e. The SMILES string of the molecule is CC(CC#CCc1ccccc1)C(=O)O. The van der Waals surface area contributed by atoms with E-state index < -0.39 is 5.97 Å². The molecular formula is C13H14O2. The van der Waals surface area contributed by atoms with Gasteiger partial charge in [0, 0.05) is 12.8 Å². The third-order valence-corrected chi connectivity index (χ3v) is 2.09. The third-order valence-electron chi connectivity index (χ3n) is 2.09. The van der Waals surface area contributed by atoms with Gasteiger partial charge in [-0.25, -0.2) is 0 Å². The predicted molar refractivity (Wildman–Crippen MR) is 59.3 cm³/mol. The molecule has 78 valence electrons. The van der Waals surface area contributed by atoms with Crippen LogP contribution in [0.25, 0.3) is 0 Å². The second-order valence-electron chi connectivity index (χ2n) is 3.46. The Bertz CT molecular complexity index is 371. The molecule has 0 aromatic heterocycles. The predicted octanol–water partition coefficient (Wildman–Crippen LogP) is 2.34. The smallest absolute Gasteiger partial charge is 0.307 e. The summed E-state index contributed by atoms with van der Waals surface area (Å²) in [7, 11) is 0. The van der Waals surface area contributed by atoms with Crippen molar-refractivity contribution in [1.29, 1.82) is 0 Å². The molecule has 0 amide bonds. The zero-order valence-corrected chi connectivity index (χ0v) is 8.73. The number of hydrogen-bond donors (Lipinski definition) is 1. The van der Waals surface area contributed by atoms with Crippen molar-refractivity contribution in [2.24, 2.45) is 5.92 Å². The number of hydrogen-bond acceptors (Lipinski definition) is 1. The first-order chi connectivity index (χ1) is 7.20. The fourth-order valence-electron chi connectivity index (χ4n) is 1.07. The molecule has 2 nitrogen and oxygen atoms in total. The minimum Gasteiger partial charge on any atom is -0.481 e. The van der Waals surface area contributed by atoms with Gasteiger partial charge in [0.2, 0.25) is 0 Å². The third kappa shape index (κ3) is 4.33. The van der Waals surface area contributed by atoms with Gasteiger partial charge in [-0.1, -0.05) is 43.2 Å². The van der Waals surface area contributed by atoms with Crippen LogP contribution in [0.3, 0.4) is 0 Å². The Labute approximate surface area is 89.9 Å². The molecule has 0 fully saturated rings. The highest BCUT2D eigenvalue weighted by atomic mass is 16.4. The highest BCUT2D eigenvalue weighted by Crippen LogP contribution is 2.01. The lowest BCUT2D eigenvalue weighted by Crippen LogP contribution is -2.07. The van der Waals surface area contributed by atoms with E-state index >= 15 is 0 Å². The number of benzene rings is 1. The Morgan fingerprint density at radius 1 is 1.33 bits per heavy atom. The van der Waals surface area contributed by atoms with Crippen molar-refractivity contribution in [3.63, 3.8) is 0 Å². The second kappa shape index (κ2) is 5.87. The van der Waals surface area contributed by atoms with E-state index in [9.17, 15) is 4.79 Å². The molecule has 0 radical (unpaired) electrons. The summed E-state index contributed by atoms with van der Waals surface area (Å²) in [4.78, 5) is 10.5. The van der Waals surface area contributed by atoms with Crippen LogP contribution in [0.2, 0.25) is 0 Å². The van der Waals surface area contributed by atoms with Gasteiger partial charge in [0.25, 0.3) is 0 Å². The first kappa shape index (κ1) is 11.3. The Kier molecular flexibility index (Phi) is 4.43. The molecule has 0 aliphatic rings. The Balaban J connectivity index is 2.38. The molecule has 0 spiro atoms. The Hall–Kier alpha value is -1.75. The van der Waals surface area contributed by atoms with Crippen LogP contribution in [-0.4, -0.2) is 11.1 Å². The quantitative estimate of drug-likeness (QED) is 0.764. The molecule has 1 N–H and O–H groups in total. The van der Waals surface area contributed by atoms with Gasteiger partial charge in [0.1, 0.15) is 0 Å². The van der Waals surface area contributed by atoms with Crippen LogP contribution in [-0.2, 0) is 11.2 Å². The molecule has 1 unspecified atom stereocenters. The van der Waals surface area contributed by atoms with Gasteiger partial charge >= 0.3 is 5.97 Å². The van der Waals surface area contributed by atoms with E-state index in [1.807, 2.05) is 30.3 Å². The van der Waals surface area contributed by atoms with Gasteiger partial charge in [-0.15, -0.1) is 5.92 Å². The fraction of sp³-hybridized carbons (Fsp3) is 0.308. The van der Waals surface area contributed by atoms with Crippen LogP contribution in [0, 0.1) is 17.8 Å². The maximum atomic E-state index is 10.5. The lowest BCUT2D eigenvalue weighted by molar-refractivity contribution is -0.140. The van der Waals surface area contributed by atoms with Gasteiger partial charge in [-0.2, -0.15) is 0 Å². The first-order valence-corrected chi connectivity index (χ1v) is 4.92. The monoisotopic (exact) mass is 202 g/mol. The molecule has 0 aliphatic heterocycles. The standard InChI is InChI=1S/C13H14O2/c1-11(13(14)15)7-5-6-10-12-8-3-2-4-9-12/h2-4,8-9,11H,7,10H2,1H3,(H,14,15). The van der Waals surface area contributed by atoms with Gasteiger partial charge in [-0.05, 0) is 5.56 Å². The average Bonchev–Trinajstić information content (AvgIpc) is 2.25. The van der Waals surface area contributed by atoms with Gasteiger partial charge in [0.05, 0.1) is 5.92 Å². The molecule has 0 saturated heterocycles. The molecule has 0 saturated carbocycles. The van der Waals surface area contributed by atoms with Crippen molar-refractivity contribution in [1.82, 2.24) is 0 Å². The van der Waals surface area contributed by atoms with Crippen LogP contribution < -0.4 is 0 Å². The van der Waals surface area contributed by atoms with E-state index in [2.05, 4.69) is 11.8 Å². The molecule has 2 heteroatoms. The summed E-state index contributed by atoms with van der Waals surface area (Å²) in [5.74, 6) is 4.69. The Morgan fingerprint density at radius 2 is 2.00 bits per heavy atom. The van der Waals surface area contributed by atoms with Crippen LogP contribution >= 0.6 is 0 Å². The van der Waals surface area contributed by atoms with Crippen molar-refractivity contribution in [2.75, 3.05) is 0 Å². The van der Waals surface area contributed by atoms with Gasteiger partial charge in [-0.3, -0.25) is 4.79 Å². The molecule has 15 heavy (non-hydrogen) atoms. The second-order valence-corrected chi connectivity index (χ2v) is 3.46. The summed E-state index contributed by atoms with van der Waals surface area (Å²) in [5.41, 5.74) is 1.16. The molecule has 1 atom stereocenters. The molecule has 0 aliphatic carbocycles. The summed E-state index contributed by atoms with van der Waals surface area (Å²) in [6.07, 6.45) is 1.11. The van der Waals surface area contributed by atoms with Gasteiger partial charge < -0.3 is 5.11 Å². The van der Waals surface area contributed by atoms with Crippen LogP contribution in [0.4, 0.5) is 0 Å². The lowest BCUT2D eigenvalue weighted by atomic mass is 10.1. The van der Waals surface area contributed by atoms with Crippen molar-refractivity contribution in [3.05, 3.63) is 35.9 Å². The van der Waals surface area contributed by atoms with Crippen LogP contribution in [0.1, 0.15) is 18.9 Å². The zero-order chi connectivity index (χ0) is 11.1. The maximum Gasteiger partial charge on any atom is 0.307 e. The molecular weight excluding hydrogens is 188 g/mol. The highest BCUT2D eigenvalue weighted by Gasteiger charge is 2.07. The number of carboxylic acids is 1. The first-order valence-electron chi connectivity index (χ1n) is 4.92. The molecule has 1 aromatic rings. The normalized spacial score (nSPS) is 11.3. The molecule has 0 bridgehead atoms. The minimum atomic E-state index is -0.788. The molecule has 1 aromatic carbocycles. The zero-order valence-electron chi connectivity index (χ0n) is 8.73. The number of carboxylic acid groups (broad SMARTS) is 1. The average molecular weight is 202 g/mol. The highest BCUT2D eigenvalue weighted by molar-refractivity contribution is 5.69. The van der Waals surface area contributed by atoms with Crippen molar-refractivity contribution in [3.8, 4) is 11.8 Å². The van der Waals surface area contributed by atoms with Crippen LogP contribution in [0.5, 0.6) is 0 Å². The van der Waals surface area contributed by atoms with Crippen molar-refractivity contribution < 1.29 is 9.90 Å². The number of rotatable bonds is 3. The van der Waals surface area contributed by atoms with Gasteiger partial charge in [0.15, 0.2) is 0 Å². The fourth-order valence-corrected chi connectivity index (χ4v) is 1.07. The van der Waals surface area contributed by atoms with E-state index in [4.69, 9.17) is 5.11 Å². The molecule has 1 rings (SSSR count). The maximum absolute atomic E-state index is 10.5. The van der Waals surface area contributed by atoms with E-state index in [-0.39, 0.29) is 5.92 Å². The van der Waals surface area contributed by atoms with Crippen LogP contribution in [0.15, 0.2) is 30.3 Å². The van der Waals surface area contributed by atoms with Crippen molar-refractivity contribution >= 4 is 5.97 Å². The minimum absolute atomic E-state index is 0.381. The summed E-state index contributed by atoms with van der Waals surface area (Å²) < 4.78 is 0. The summed E-state index contributed by atoms with van der Waals surface area (Å²) in [5, 5.41) is 8.63. The summed E-state index contributed by atoms with van der Waals surface area (Å²) >= 11 is 0. The van der Waals surface area contributed by atoms with E-state index in [1.165, 1.54) is 0 Å². The lowest BCUT2D eigenvalue weighted by Gasteiger charge is -1.97. The number of aliphatic carboxylic acids is 1. The summed E-state index contributed by atoms with van der Waals surface area (Å²) in [6, 6.07) is 9.92. The topological polar surface area (TPSA) is 37.3 Å². The van der Waals surface area contributed by atoms with E-state index in [0.29, 0.717) is 12.8 Å². The van der Waals surface area contributed by atoms with Crippen molar-refractivity contribution in [2.45, 2.75) is 19.8 Å². The van der Waals surface area contributed by atoms with E-state index in [0.717, 1.165) is 5.56 Å².